The molecule has 2 N–H and O–H groups in total. The smallest absolute Gasteiger partial charge is 0.320 e. The van der Waals surface area contributed by atoms with E-state index in [1.165, 1.54) is 0 Å². The minimum Gasteiger partial charge on any atom is -0.480 e. The molecule has 9 heteroatoms. The number of carbonyl (C=O) groups is 1. The first kappa shape index (κ1) is 14.7. The molecule has 1 saturated heterocycles. The van der Waals surface area contributed by atoms with Gasteiger partial charge in [-0.3, -0.25) is 4.79 Å². The van der Waals surface area contributed by atoms with Gasteiger partial charge in [0.05, 0.1) is 0 Å². The Hall–Kier alpha value is -1.74. The fraction of sp³-hybridized carbons (Fsp3) is 0.545. The van der Waals surface area contributed by atoms with Crippen molar-refractivity contribution in [2.45, 2.75) is 18.9 Å². The lowest BCUT2D eigenvalue weighted by atomic mass is 10.1. The van der Waals surface area contributed by atoms with Crippen LogP contribution in [0.4, 0.5) is 5.95 Å². The quantitative estimate of drug-likeness (QED) is 0.750. The minimum atomic E-state index is -3.76. The van der Waals surface area contributed by atoms with Crippen molar-refractivity contribution in [2.24, 2.45) is 0 Å². The molecule has 1 aromatic heterocycles. The van der Waals surface area contributed by atoms with E-state index in [4.69, 9.17) is 5.11 Å². The van der Waals surface area contributed by atoms with Gasteiger partial charge in [-0.05, 0) is 18.9 Å². The Balaban J connectivity index is 1.87. The lowest BCUT2D eigenvalue weighted by Gasteiger charge is -2.31. The van der Waals surface area contributed by atoms with Gasteiger partial charge in [-0.1, -0.05) is 0 Å². The Morgan fingerprint density at radius 3 is 2.50 bits per heavy atom. The summed E-state index contributed by atoms with van der Waals surface area (Å²) >= 11 is 0. The number of nitrogens with one attached hydrogen (secondary N) is 1. The molecule has 0 bridgehead atoms. The average molecular weight is 300 g/mol. The molecule has 0 spiro atoms. The van der Waals surface area contributed by atoms with Gasteiger partial charge in [-0.2, -0.15) is 0 Å². The molecule has 0 atom stereocenters. The number of rotatable bonds is 5. The second-order valence-electron chi connectivity index (χ2n) is 4.58. The van der Waals surface area contributed by atoms with E-state index in [0.29, 0.717) is 31.9 Å². The van der Waals surface area contributed by atoms with E-state index in [1.54, 1.807) is 18.5 Å². The van der Waals surface area contributed by atoms with Crippen LogP contribution in [0.3, 0.4) is 0 Å². The van der Waals surface area contributed by atoms with Gasteiger partial charge in [0.25, 0.3) is 0 Å². The van der Waals surface area contributed by atoms with Crippen molar-refractivity contribution in [1.29, 1.82) is 0 Å². The first-order valence-electron chi connectivity index (χ1n) is 6.20. The molecule has 1 aliphatic heterocycles. The highest BCUT2D eigenvalue weighted by molar-refractivity contribution is 7.90. The maximum atomic E-state index is 11.5. The largest absolute Gasteiger partial charge is 0.480 e. The van der Waals surface area contributed by atoms with Crippen LogP contribution in [0.25, 0.3) is 0 Å². The first-order valence-corrected chi connectivity index (χ1v) is 7.85. The van der Waals surface area contributed by atoms with E-state index < -0.39 is 21.7 Å². The maximum absolute atomic E-state index is 11.5. The molecule has 0 aliphatic carbocycles. The first-order chi connectivity index (χ1) is 9.46. The van der Waals surface area contributed by atoms with Crippen molar-refractivity contribution < 1.29 is 18.3 Å². The van der Waals surface area contributed by atoms with E-state index in [9.17, 15) is 13.2 Å². The molecule has 1 aromatic rings. The number of carboxylic acid groups (broad SMARTS) is 1. The molecule has 1 aliphatic rings. The van der Waals surface area contributed by atoms with E-state index in [1.807, 2.05) is 4.90 Å². The number of sulfonamides is 1. The maximum Gasteiger partial charge on any atom is 0.320 e. The van der Waals surface area contributed by atoms with Crippen LogP contribution in [0.2, 0.25) is 0 Å². The summed E-state index contributed by atoms with van der Waals surface area (Å²) in [5.41, 5.74) is 0. The zero-order valence-corrected chi connectivity index (χ0v) is 11.6. The van der Waals surface area contributed by atoms with Gasteiger partial charge in [0.2, 0.25) is 16.0 Å². The van der Waals surface area contributed by atoms with Gasteiger partial charge in [0.1, 0.15) is 0 Å². The monoisotopic (exact) mass is 300 g/mol. The standard InChI is InChI=1S/C11H16N4O4S/c16-10(17)8-20(18,19)14-9-2-6-15(7-3-9)11-12-4-1-5-13-11/h1,4-5,9,14H,2-3,6-8H2,(H,16,17). The lowest BCUT2D eigenvalue weighted by Crippen LogP contribution is -2.46. The highest BCUT2D eigenvalue weighted by atomic mass is 32.2. The number of hydrogen-bond acceptors (Lipinski definition) is 6. The summed E-state index contributed by atoms with van der Waals surface area (Å²) < 4.78 is 25.5. The van der Waals surface area contributed by atoms with E-state index >= 15 is 0 Å². The van der Waals surface area contributed by atoms with E-state index in [-0.39, 0.29) is 6.04 Å². The molecule has 0 unspecified atom stereocenters. The van der Waals surface area contributed by atoms with Crippen molar-refractivity contribution >= 4 is 21.9 Å². The SMILES string of the molecule is O=C(O)CS(=O)(=O)NC1CCN(c2ncccn2)CC1. The fourth-order valence-electron chi connectivity index (χ4n) is 2.11. The highest BCUT2D eigenvalue weighted by Crippen LogP contribution is 2.15. The summed E-state index contributed by atoms with van der Waals surface area (Å²) in [5, 5.41) is 8.53. The Morgan fingerprint density at radius 2 is 1.95 bits per heavy atom. The molecule has 8 nitrogen and oxygen atoms in total. The summed E-state index contributed by atoms with van der Waals surface area (Å²) in [6.07, 6.45) is 4.50. The van der Waals surface area contributed by atoms with Crippen molar-refractivity contribution in [1.82, 2.24) is 14.7 Å². The van der Waals surface area contributed by atoms with Gasteiger partial charge in [-0.25, -0.2) is 23.1 Å². The number of anilines is 1. The van der Waals surface area contributed by atoms with Crippen LogP contribution < -0.4 is 9.62 Å². The zero-order valence-electron chi connectivity index (χ0n) is 10.8. The molecule has 0 saturated carbocycles. The number of nitrogens with zero attached hydrogens (tertiary/aromatic N) is 3. The van der Waals surface area contributed by atoms with Crippen LogP contribution in [0.5, 0.6) is 0 Å². The van der Waals surface area contributed by atoms with Crippen LogP contribution >= 0.6 is 0 Å². The Labute approximate surface area is 116 Å². The Bertz CT molecular complexity index is 555. The van der Waals surface area contributed by atoms with E-state index in [2.05, 4.69) is 14.7 Å². The third-order valence-corrected chi connectivity index (χ3v) is 4.31. The molecule has 110 valence electrons. The molecule has 2 rings (SSSR count). The summed E-state index contributed by atoms with van der Waals surface area (Å²) in [4.78, 5) is 20.7. The topological polar surface area (TPSA) is 112 Å². The molecular formula is C11H16N4O4S. The molecule has 1 fully saturated rings. The predicted octanol–water partition coefficient (Wildman–Crippen LogP) is -0.551. The average Bonchev–Trinajstić information content (AvgIpc) is 2.38. The summed E-state index contributed by atoms with van der Waals surface area (Å²) in [6.45, 7) is 1.26. The molecule has 0 amide bonds. The number of hydrogen-bond donors (Lipinski definition) is 2. The second kappa shape index (κ2) is 6.14. The second-order valence-corrected chi connectivity index (χ2v) is 6.33. The predicted molar refractivity (Wildman–Crippen MR) is 71.8 cm³/mol. The van der Waals surface area contributed by atoms with Crippen LogP contribution in [-0.2, 0) is 14.8 Å². The molecule has 2 heterocycles. The minimum absolute atomic E-state index is 0.237. The van der Waals surface area contributed by atoms with Crippen LogP contribution in [0, 0.1) is 0 Å². The molecule has 20 heavy (non-hydrogen) atoms. The molecule has 0 radical (unpaired) electrons. The van der Waals surface area contributed by atoms with Crippen molar-refractivity contribution in [3.63, 3.8) is 0 Å². The van der Waals surface area contributed by atoms with Gasteiger partial charge in [0.15, 0.2) is 5.75 Å². The molecule has 0 aromatic carbocycles. The lowest BCUT2D eigenvalue weighted by molar-refractivity contribution is -0.134. The van der Waals surface area contributed by atoms with Gasteiger partial charge < -0.3 is 10.0 Å². The van der Waals surface area contributed by atoms with Crippen molar-refractivity contribution in [2.75, 3.05) is 23.7 Å². The third kappa shape index (κ3) is 4.14. The number of aliphatic carboxylic acids is 1. The summed E-state index contributed by atoms with van der Waals surface area (Å²) in [5.74, 6) is -1.62. The zero-order chi connectivity index (χ0) is 14.6. The fourth-order valence-corrected chi connectivity index (χ4v) is 3.26. The molecular weight excluding hydrogens is 284 g/mol. The third-order valence-electron chi connectivity index (χ3n) is 2.99. The normalized spacial score (nSPS) is 17.1. The van der Waals surface area contributed by atoms with Crippen LogP contribution in [0.1, 0.15) is 12.8 Å². The van der Waals surface area contributed by atoms with Gasteiger partial charge in [0, 0.05) is 31.5 Å². The van der Waals surface area contributed by atoms with Gasteiger partial charge >= 0.3 is 5.97 Å². The highest BCUT2D eigenvalue weighted by Gasteiger charge is 2.25. The number of aromatic nitrogens is 2. The van der Waals surface area contributed by atoms with Crippen molar-refractivity contribution in [3.8, 4) is 0 Å². The number of carboxylic acids is 1. The van der Waals surface area contributed by atoms with E-state index in [0.717, 1.165) is 0 Å². The van der Waals surface area contributed by atoms with Crippen molar-refractivity contribution in [3.05, 3.63) is 18.5 Å². The van der Waals surface area contributed by atoms with Crippen LogP contribution in [-0.4, -0.2) is 54.3 Å². The number of piperidine rings is 1. The van der Waals surface area contributed by atoms with Gasteiger partial charge in [-0.15, -0.1) is 0 Å². The summed E-state index contributed by atoms with van der Waals surface area (Å²) in [6, 6.07) is 1.50. The Morgan fingerprint density at radius 1 is 1.35 bits per heavy atom. The summed E-state index contributed by atoms with van der Waals surface area (Å²) in [7, 11) is -3.76. The van der Waals surface area contributed by atoms with Crippen LogP contribution in [0.15, 0.2) is 18.5 Å². The Kier molecular flexibility index (Phi) is 4.50.